The maximum Gasteiger partial charge on any atom is 0.240 e. The van der Waals surface area contributed by atoms with Crippen molar-refractivity contribution >= 4 is 10.0 Å². The van der Waals surface area contributed by atoms with Gasteiger partial charge in [-0.25, -0.2) is 13.1 Å². The van der Waals surface area contributed by atoms with Crippen LogP contribution in [-0.4, -0.2) is 41.3 Å². The first-order valence-electron chi connectivity index (χ1n) is 6.95. The van der Waals surface area contributed by atoms with E-state index in [9.17, 15) is 8.42 Å². The van der Waals surface area contributed by atoms with Crippen LogP contribution in [0.2, 0.25) is 0 Å². The van der Waals surface area contributed by atoms with Crippen LogP contribution in [0, 0.1) is 0 Å². The zero-order valence-corrected chi connectivity index (χ0v) is 12.6. The minimum atomic E-state index is -3.42. The van der Waals surface area contributed by atoms with Crippen LogP contribution in [0.1, 0.15) is 18.4 Å². The fourth-order valence-corrected chi connectivity index (χ4v) is 3.51. The minimum absolute atomic E-state index is 0.0160. The van der Waals surface area contributed by atoms with Crippen LogP contribution >= 0.6 is 0 Å². The number of likely N-dealkylation sites (N-methyl/N-ethyl adjacent to an activating group) is 1. The molecule has 0 bridgehead atoms. The molecule has 1 fully saturated rings. The lowest BCUT2D eigenvalue weighted by Crippen LogP contribution is -2.38. The summed E-state index contributed by atoms with van der Waals surface area (Å²) < 4.78 is 32.5. The number of nitrogens with one attached hydrogen (secondary N) is 2. The summed E-state index contributed by atoms with van der Waals surface area (Å²) in [5, 5.41) is 3.07. The normalized spacial score (nSPS) is 17.2. The summed E-state index contributed by atoms with van der Waals surface area (Å²) in [6.07, 6.45) is 2.36. The fourth-order valence-electron chi connectivity index (χ4n) is 2.21. The second-order valence-corrected chi connectivity index (χ2v) is 6.72. The minimum Gasteiger partial charge on any atom is -0.381 e. The van der Waals surface area contributed by atoms with E-state index in [4.69, 9.17) is 4.74 Å². The lowest BCUT2D eigenvalue weighted by molar-refractivity contribution is 0.0832. The SMILES string of the molecule is CNCCc1ccc(S(=O)(=O)NC2CCOCC2)cc1. The van der Waals surface area contributed by atoms with Crippen molar-refractivity contribution in [1.29, 1.82) is 0 Å². The Kier molecular flexibility index (Phi) is 5.54. The van der Waals surface area contributed by atoms with Gasteiger partial charge in [0.2, 0.25) is 10.0 Å². The molecule has 0 amide bonds. The van der Waals surface area contributed by atoms with Gasteiger partial charge in [-0.05, 0) is 50.6 Å². The van der Waals surface area contributed by atoms with Crippen LogP contribution in [0.3, 0.4) is 0 Å². The molecule has 6 heteroatoms. The summed E-state index contributed by atoms with van der Waals surface area (Å²) >= 11 is 0. The first-order chi connectivity index (χ1) is 9.62. The van der Waals surface area contributed by atoms with Gasteiger partial charge in [-0.3, -0.25) is 0 Å². The van der Waals surface area contributed by atoms with Crippen LogP contribution in [0.25, 0.3) is 0 Å². The second-order valence-electron chi connectivity index (χ2n) is 5.01. The molecule has 2 rings (SSSR count). The largest absolute Gasteiger partial charge is 0.381 e. The highest BCUT2D eigenvalue weighted by Gasteiger charge is 2.21. The predicted molar refractivity (Wildman–Crippen MR) is 78.2 cm³/mol. The van der Waals surface area contributed by atoms with Crippen LogP contribution < -0.4 is 10.0 Å². The van der Waals surface area contributed by atoms with Crippen molar-refractivity contribution in [2.75, 3.05) is 26.8 Å². The number of hydrogen-bond acceptors (Lipinski definition) is 4. The molecule has 1 aliphatic heterocycles. The van der Waals surface area contributed by atoms with Crippen LogP contribution in [0.5, 0.6) is 0 Å². The highest BCUT2D eigenvalue weighted by Crippen LogP contribution is 2.14. The number of sulfonamides is 1. The molecule has 1 aromatic rings. The van der Waals surface area contributed by atoms with Gasteiger partial charge < -0.3 is 10.1 Å². The average Bonchev–Trinajstić information content (AvgIpc) is 2.46. The van der Waals surface area contributed by atoms with Crippen LogP contribution in [0.4, 0.5) is 0 Å². The summed E-state index contributed by atoms with van der Waals surface area (Å²) in [6.45, 7) is 2.12. The first kappa shape index (κ1) is 15.4. The number of benzene rings is 1. The molecular weight excluding hydrogens is 276 g/mol. The molecule has 0 aliphatic carbocycles. The molecule has 112 valence electrons. The van der Waals surface area contributed by atoms with E-state index in [0.29, 0.717) is 18.1 Å². The van der Waals surface area contributed by atoms with Gasteiger partial charge in [-0.2, -0.15) is 0 Å². The van der Waals surface area contributed by atoms with Gasteiger partial charge in [0.15, 0.2) is 0 Å². The molecule has 1 aromatic carbocycles. The Morgan fingerprint density at radius 3 is 2.45 bits per heavy atom. The molecule has 0 aromatic heterocycles. The van der Waals surface area contributed by atoms with Crippen molar-refractivity contribution in [3.8, 4) is 0 Å². The fraction of sp³-hybridized carbons (Fsp3) is 0.571. The number of rotatable bonds is 6. The molecule has 0 spiro atoms. The third-order valence-electron chi connectivity index (χ3n) is 3.44. The molecule has 0 radical (unpaired) electrons. The Labute approximate surface area is 120 Å². The Balaban J connectivity index is 2.01. The summed E-state index contributed by atoms with van der Waals surface area (Å²) in [5.41, 5.74) is 1.13. The molecule has 0 unspecified atom stereocenters. The van der Waals surface area contributed by atoms with Crippen molar-refractivity contribution < 1.29 is 13.2 Å². The molecule has 1 saturated heterocycles. The van der Waals surface area contributed by atoms with Crippen molar-refractivity contribution in [3.63, 3.8) is 0 Å². The van der Waals surface area contributed by atoms with Crippen molar-refractivity contribution in [1.82, 2.24) is 10.0 Å². The van der Waals surface area contributed by atoms with Gasteiger partial charge in [0.05, 0.1) is 4.90 Å². The zero-order valence-electron chi connectivity index (χ0n) is 11.8. The Hall–Kier alpha value is -0.950. The average molecular weight is 298 g/mol. The molecule has 2 N–H and O–H groups in total. The van der Waals surface area contributed by atoms with Gasteiger partial charge in [0.25, 0.3) is 0 Å². The van der Waals surface area contributed by atoms with E-state index in [1.807, 2.05) is 19.2 Å². The van der Waals surface area contributed by atoms with Gasteiger partial charge >= 0.3 is 0 Å². The van der Waals surface area contributed by atoms with E-state index in [1.54, 1.807) is 12.1 Å². The van der Waals surface area contributed by atoms with Crippen molar-refractivity contribution in [2.45, 2.75) is 30.2 Å². The second kappa shape index (κ2) is 7.17. The Morgan fingerprint density at radius 2 is 1.85 bits per heavy atom. The van der Waals surface area contributed by atoms with Crippen molar-refractivity contribution in [2.24, 2.45) is 0 Å². The van der Waals surface area contributed by atoms with E-state index >= 15 is 0 Å². The van der Waals surface area contributed by atoms with Gasteiger partial charge in [-0.1, -0.05) is 12.1 Å². The van der Waals surface area contributed by atoms with Crippen LogP contribution in [0.15, 0.2) is 29.2 Å². The zero-order chi connectivity index (χ0) is 14.4. The monoisotopic (exact) mass is 298 g/mol. The molecule has 1 heterocycles. The summed E-state index contributed by atoms with van der Waals surface area (Å²) in [7, 11) is -1.52. The molecule has 0 atom stereocenters. The summed E-state index contributed by atoms with van der Waals surface area (Å²) in [6, 6.07) is 7.07. The quantitative estimate of drug-likeness (QED) is 0.819. The maximum absolute atomic E-state index is 12.3. The van der Waals surface area contributed by atoms with E-state index in [0.717, 1.165) is 31.4 Å². The summed E-state index contributed by atoms with van der Waals surface area (Å²) in [4.78, 5) is 0.331. The van der Waals surface area contributed by atoms with E-state index in [2.05, 4.69) is 10.0 Å². The third kappa shape index (κ3) is 4.28. The molecule has 0 saturated carbocycles. The van der Waals surface area contributed by atoms with Crippen molar-refractivity contribution in [3.05, 3.63) is 29.8 Å². The van der Waals surface area contributed by atoms with Gasteiger partial charge in [0, 0.05) is 19.3 Å². The third-order valence-corrected chi connectivity index (χ3v) is 4.98. The molecule has 5 nitrogen and oxygen atoms in total. The lowest BCUT2D eigenvalue weighted by atomic mass is 10.1. The van der Waals surface area contributed by atoms with Crippen LogP contribution in [-0.2, 0) is 21.2 Å². The highest BCUT2D eigenvalue weighted by molar-refractivity contribution is 7.89. The number of hydrogen-bond donors (Lipinski definition) is 2. The smallest absolute Gasteiger partial charge is 0.240 e. The highest BCUT2D eigenvalue weighted by atomic mass is 32.2. The summed E-state index contributed by atoms with van der Waals surface area (Å²) in [5.74, 6) is 0. The predicted octanol–water partition coefficient (Wildman–Crippen LogP) is 0.906. The lowest BCUT2D eigenvalue weighted by Gasteiger charge is -2.23. The Bertz CT molecular complexity index is 508. The van der Waals surface area contributed by atoms with Gasteiger partial charge in [-0.15, -0.1) is 0 Å². The number of ether oxygens (including phenoxy) is 1. The first-order valence-corrected chi connectivity index (χ1v) is 8.44. The molecular formula is C14H22N2O3S. The molecule has 1 aliphatic rings. The van der Waals surface area contributed by atoms with E-state index < -0.39 is 10.0 Å². The van der Waals surface area contributed by atoms with Gasteiger partial charge in [0.1, 0.15) is 0 Å². The van der Waals surface area contributed by atoms with E-state index in [1.165, 1.54) is 0 Å². The topological polar surface area (TPSA) is 67.4 Å². The Morgan fingerprint density at radius 1 is 1.20 bits per heavy atom. The standard InChI is InChI=1S/C14H22N2O3S/c1-15-9-6-12-2-4-14(5-3-12)20(17,18)16-13-7-10-19-11-8-13/h2-5,13,15-16H,6-11H2,1H3. The van der Waals surface area contributed by atoms with E-state index in [-0.39, 0.29) is 6.04 Å². The molecule has 20 heavy (non-hydrogen) atoms. The maximum atomic E-state index is 12.3.